The Hall–Kier alpha value is -1.69. The molecule has 1 aromatic heterocycles. The number of ether oxygens (including phenoxy) is 1. The summed E-state index contributed by atoms with van der Waals surface area (Å²) in [6.45, 7) is 2.20. The molecule has 1 N–H and O–H groups in total. The summed E-state index contributed by atoms with van der Waals surface area (Å²) < 4.78 is 7.88. The van der Waals surface area contributed by atoms with Crippen LogP contribution in [-0.4, -0.2) is 32.3 Å². The molecule has 0 bridgehead atoms. The summed E-state index contributed by atoms with van der Waals surface area (Å²) in [5, 5.41) is 3.68. The van der Waals surface area contributed by atoms with Gasteiger partial charge in [0.2, 0.25) is 5.91 Å². The summed E-state index contributed by atoms with van der Waals surface area (Å²) >= 11 is 5.43. The minimum atomic E-state index is -0.343. The number of carbonyl (C=O) groups excluding carboxylic acids is 1. The van der Waals surface area contributed by atoms with E-state index in [1.54, 1.807) is 23.3 Å². The first-order valence-electron chi connectivity index (χ1n) is 8.82. The number of aromatic nitrogens is 2. The Morgan fingerprint density at radius 3 is 3.17 bits per heavy atom. The number of piperidine rings is 1. The standard InChI is InChI=1S/C18H25N3O2S/c1-2-3-6-14-7-4-8-15(18(14)10-5-9-16(22)20-18)23-17(24)21-12-11-19-13-21/h4,7,11-15H,2-3,5-6,8-10H2,1H3,(H,20,22)/t14-,15?,18+/m1/s1. The van der Waals surface area contributed by atoms with Crippen LogP contribution in [0, 0.1) is 5.92 Å². The van der Waals surface area contributed by atoms with Gasteiger partial charge in [-0.1, -0.05) is 31.9 Å². The van der Waals surface area contributed by atoms with Gasteiger partial charge in [0.05, 0.1) is 5.54 Å². The molecule has 0 aromatic carbocycles. The van der Waals surface area contributed by atoms with E-state index in [-0.39, 0.29) is 17.6 Å². The molecule has 1 aliphatic heterocycles. The molecular weight excluding hydrogens is 322 g/mol. The lowest BCUT2D eigenvalue weighted by molar-refractivity contribution is -0.129. The van der Waals surface area contributed by atoms with E-state index in [9.17, 15) is 4.79 Å². The Morgan fingerprint density at radius 1 is 1.58 bits per heavy atom. The number of nitrogens with zero attached hydrogens (tertiary/aromatic N) is 2. The number of hydrogen-bond donors (Lipinski definition) is 1. The van der Waals surface area contributed by atoms with Crippen LogP contribution in [0.1, 0.15) is 51.9 Å². The zero-order valence-electron chi connectivity index (χ0n) is 14.1. The van der Waals surface area contributed by atoms with Crippen molar-refractivity contribution in [1.82, 2.24) is 14.9 Å². The number of thiocarbonyl (C=S) groups is 1. The van der Waals surface area contributed by atoms with Crippen molar-refractivity contribution in [2.24, 2.45) is 5.92 Å². The van der Waals surface area contributed by atoms with E-state index in [0.717, 1.165) is 38.5 Å². The van der Waals surface area contributed by atoms with Crippen LogP contribution >= 0.6 is 12.2 Å². The third-order valence-electron chi connectivity index (χ3n) is 5.15. The van der Waals surface area contributed by atoms with Gasteiger partial charge >= 0.3 is 0 Å². The van der Waals surface area contributed by atoms with Crippen molar-refractivity contribution in [3.8, 4) is 0 Å². The van der Waals surface area contributed by atoms with Crippen molar-refractivity contribution in [3.63, 3.8) is 0 Å². The smallest absolute Gasteiger partial charge is 0.269 e. The molecular formula is C18H25N3O2S. The predicted molar refractivity (Wildman–Crippen MR) is 96.6 cm³/mol. The lowest BCUT2D eigenvalue weighted by Crippen LogP contribution is -2.64. The molecule has 1 unspecified atom stereocenters. The molecule has 0 radical (unpaired) electrons. The van der Waals surface area contributed by atoms with Crippen LogP contribution in [0.2, 0.25) is 0 Å². The Morgan fingerprint density at radius 2 is 2.46 bits per heavy atom. The van der Waals surface area contributed by atoms with Crippen molar-refractivity contribution < 1.29 is 9.53 Å². The fraction of sp³-hybridized carbons (Fsp3) is 0.611. The second kappa shape index (κ2) is 7.47. The van der Waals surface area contributed by atoms with Crippen LogP contribution < -0.4 is 5.32 Å². The molecule has 1 fully saturated rings. The van der Waals surface area contributed by atoms with Crippen LogP contribution in [0.3, 0.4) is 0 Å². The van der Waals surface area contributed by atoms with Gasteiger partial charge in [-0.3, -0.25) is 9.36 Å². The first-order valence-corrected chi connectivity index (χ1v) is 9.23. The van der Waals surface area contributed by atoms with Crippen LogP contribution in [0.25, 0.3) is 0 Å². The van der Waals surface area contributed by atoms with Crippen LogP contribution in [0.15, 0.2) is 30.9 Å². The number of imidazole rings is 1. The van der Waals surface area contributed by atoms with Gasteiger partial charge in [0, 0.05) is 31.2 Å². The average molecular weight is 347 g/mol. The summed E-state index contributed by atoms with van der Waals surface area (Å²) in [5.41, 5.74) is -0.343. The van der Waals surface area contributed by atoms with Crippen molar-refractivity contribution >= 4 is 23.3 Å². The van der Waals surface area contributed by atoms with Crippen molar-refractivity contribution in [2.45, 2.75) is 63.5 Å². The van der Waals surface area contributed by atoms with Crippen molar-refractivity contribution in [1.29, 1.82) is 0 Å². The largest absolute Gasteiger partial charge is 0.464 e. The van der Waals surface area contributed by atoms with Crippen molar-refractivity contribution in [3.05, 3.63) is 30.9 Å². The molecule has 1 amide bonds. The first-order chi connectivity index (χ1) is 11.7. The number of hydrogen-bond acceptors (Lipinski definition) is 4. The molecule has 0 saturated carbocycles. The summed E-state index contributed by atoms with van der Waals surface area (Å²) in [6, 6.07) is 0. The third kappa shape index (κ3) is 3.38. The minimum absolute atomic E-state index is 0.125. The topological polar surface area (TPSA) is 56.2 Å². The van der Waals surface area contributed by atoms with Crippen LogP contribution in [0.4, 0.5) is 0 Å². The molecule has 130 valence electrons. The fourth-order valence-electron chi connectivity index (χ4n) is 3.91. The Bertz CT molecular complexity index is 614. The van der Waals surface area contributed by atoms with Gasteiger partial charge in [-0.15, -0.1) is 0 Å². The predicted octanol–water partition coefficient (Wildman–Crippen LogP) is 3.21. The van der Waals surface area contributed by atoms with Gasteiger partial charge in [-0.05, 0) is 31.5 Å². The molecule has 24 heavy (non-hydrogen) atoms. The maximum absolute atomic E-state index is 12.2. The Balaban J connectivity index is 1.84. The SMILES string of the molecule is CCCC[C@@H]1C=CCC(OC(=S)n2ccnc2)[C@]12CCCC(=O)N2. The molecule has 3 rings (SSSR count). The van der Waals surface area contributed by atoms with Crippen molar-refractivity contribution in [2.75, 3.05) is 0 Å². The molecule has 2 heterocycles. The van der Waals surface area contributed by atoms with E-state index >= 15 is 0 Å². The summed E-state index contributed by atoms with van der Waals surface area (Å²) in [5.74, 6) is 0.422. The molecule has 5 nitrogen and oxygen atoms in total. The van der Waals surface area contributed by atoms with Crippen LogP contribution in [-0.2, 0) is 9.53 Å². The lowest BCUT2D eigenvalue weighted by atomic mass is 9.68. The number of unbranched alkanes of at least 4 members (excludes halogenated alkanes) is 1. The van der Waals surface area contributed by atoms with Crippen LogP contribution in [0.5, 0.6) is 0 Å². The maximum Gasteiger partial charge on any atom is 0.269 e. The summed E-state index contributed by atoms with van der Waals surface area (Å²) in [4.78, 5) is 16.2. The third-order valence-corrected chi connectivity index (χ3v) is 5.46. The van der Waals surface area contributed by atoms with E-state index in [1.165, 1.54) is 0 Å². The average Bonchev–Trinajstić information content (AvgIpc) is 3.10. The number of amides is 1. The Labute approximate surface area is 148 Å². The second-order valence-corrected chi connectivity index (χ2v) is 7.05. The number of rotatable bonds is 4. The van der Waals surface area contributed by atoms with E-state index < -0.39 is 0 Å². The van der Waals surface area contributed by atoms with Gasteiger partial charge in [0.15, 0.2) is 0 Å². The van der Waals surface area contributed by atoms with E-state index in [1.807, 2.05) is 0 Å². The number of carbonyl (C=O) groups is 1. The second-order valence-electron chi connectivity index (χ2n) is 6.70. The van der Waals surface area contributed by atoms with Gasteiger partial charge in [-0.2, -0.15) is 0 Å². The molecule has 6 heteroatoms. The van der Waals surface area contributed by atoms with Gasteiger partial charge < -0.3 is 10.1 Å². The van der Waals surface area contributed by atoms with Gasteiger partial charge in [0.25, 0.3) is 5.17 Å². The highest BCUT2D eigenvalue weighted by Crippen LogP contribution is 2.40. The highest BCUT2D eigenvalue weighted by atomic mass is 32.1. The van der Waals surface area contributed by atoms with E-state index in [4.69, 9.17) is 17.0 Å². The first kappa shape index (κ1) is 17.1. The highest BCUT2D eigenvalue weighted by molar-refractivity contribution is 7.80. The molecule has 1 aromatic rings. The molecule has 1 spiro atoms. The lowest BCUT2D eigenvalue weighted by Gasteiger charge is -2.49. The fourth-order valence-corrected chi connectivity index (χ4v) is 4.14. The normalized spacial score (nSPS) is 29.5. The zero-order chi connectivity index (χ0) is 17.0. The summed E-state index contributed by atoms with van der Waals surface area (Å²) in [6.07, 6.45) is 16.0. The summed E-state index contributed by atoms with van der Waals surface area (Å²) in [7, 11) is 0. The molecule has 1 aliphatic carbocycles. The monoisotopic (exact) mass is 347 g/mol. The molecule has 1 saturated heterocycles. The Kier molecular flexibility index (Phi) is 5.33. The molecule has 2 aliphatic rings. The van der Waals surface area contributed by atoms with Gasteiger partial charge in [0.1, 0.15) is 12.4 Å². The maximum atomic E-state index is 12.2. The zero-order valence-corrected chi connectivity index (χ0v) is 14.9. The quantitative estimate of drug-likeness (QED) is 0.671. The van der Waals surface area contributed by atoms with E-state index in [0.29, 0.717) is 17.5 Å². The van der Waals surface area contributed by atoms with E-state index in [2.05, 4.69) is 29.4 Å². The highest BCUT2D eigenvalue weighted by Gasteiger charge is 2.49. The number of nitrogens with one attached hydrogen (secondary N) is 1. The van der Waals surface area contributed by atoms with Gasteiger partial charge in [-0.25, -0.2) is 4.98 Å². The molecule has 3 atom stereocenters. The minimum Gasteiger partial charge on any atom is -0.464 e.